The van der Waals surface area contributed by atoms with Gasteiger partial charge in [0.15, 0.2) is 0 Å². The molecule has 5 heteroatoms. The quantitative estimate of drug-likeness (QED) is 0.718. The lowest BCUT2D eigenvalue weighted by atomic mass is 10.0. The predicted octanol–water partition coefficient (Wildman–Crippen LogP) is 4.26. The Morgan fingerprint density at radius 3 is 2.52 bits per heavy atom. The zero-order valence-corrected chi connectivity index (χ0v) is 12.5. The first-order chi connectivity index (χ1) is 10.0. The first kappa shape index (κ1) is 13.6. The fraction of sp³-hybridized carbons (Fsp3) is 0.125. The highest BCUT2D eigenvalue weighted by Crippen LogP contribution is 2.29. The molecule has 0 unspecified atom stereocenters. The van der Waals surface area contributed by atoms with Crippen LogP contribution in [0.2, 0.25) is 5.02 Å². The molecule has 3 aromatic rings. The second-order valence-electron chi connectivity index (χ2n) is 4.94. The molecule has 0 saturated carbocycles. The Hall–Kier alpha value is -2.33. The highest BCUT2D eigenvalue weighted by molar-refractivity contribution is 6.30. The summed E-state index contributed by atoms with van der Waals surface area (Å²) in [4.78, 5) is 4.45. The van der Waals surface area contributed by atoms with Crippen molar-refractivity contribution in [1.29, 1.82) is 0 Å². The molecule has 1 aromatic heterocycles. The van der Waals surface area contributed by atoms with Crippen molar-refractivity contribution in [2.75, 3.05) is 5.73 Å². The molecule has 106 valence electrons. The lowest BCUT2D eigenvalue weighted by Gasteiger charge is -2.06. The number of hydrogen-bond acceptors (Lipinski definition) is 4. The summed E-state index contributed by atoms with van der Waals surface area (Å²) in [6, 6.07) is 11.1. The van der Waals surface area contributed by atoms with Gasteiger partial charge in [-0.3, -0.25) is 0 Å². The summed E-state index contributed by atoms with van der Waals surface area (Å²) >= 11 is 5.88. The van der Waals surface area contributed by atoms with Crippen molar-refractivity contribution >= 4 is 17.3 Å². The molecule has 0 fully saturated rings. The molecule has 4 nitrogen and oxygen atoms in total. The van der Waals surface area contributed by atoms with Gasteiger partial charge < -0.3 is 10.3 Å². The van der Waals surface area contributed by atoms with Crippen LogP contribution < -0.4 is 5.73 Å². The Bertz CT molecular complexity index is 794. The van der Waals surface area contributed by atoms with E-state index >= 15 is 0 Å². The number of aryl methyl sites for hydroxylation is 1. The maximum atomic E-state index is 5.90. The number of anilines is 1. The topological polar surface area (TPSA) is 64.9 Å². The van der Waals surface area contributed by atoms with E-state index < -0.39 is 0 Å². The Labute approximate surface area is 127 Å². The monoisotopic (exact) mass is 299 g/mol. The number of aromatic nitrogens is 2. The molecule has 1 heterocycles. The van der Waals surface area contributed by atoms with Gasteiger partial charge in [0.25, 0.3) is 5.89 Å². The Kier molecular flexibility index (Phi) is 3.39. The van der Waals surface area contributed by atoms with E-state index in [0.717, 1.165) is 22.3 Å². The number of nitrogen functional groups attached to an aromatic ring is 1. The highest BCUT2D eigenvalue weighted by Gasteiger charge is 2.14. The molecule has 3 rings (SSSR count). The number of hydrogen-bond donors (Lipinski definition) is 1. The van der Waals surface area contributed by atoms with Gasteiger partial charge in [0.1, 0.15) is 0 Å². The van der Waals surface area contributed by atoms with Gasteiger partial charge in [-0.1, -0.05) is 16.8 Å². The van der Waals surface area contributed by atoms with Crippen molar-refractivity contribution in [3.8, 4) is 22.8 Å². The summed E-state index contributed by atoms with van der Waals surface area (Å²) in [5, 5.41) is 4.69. The molecule has 0 aliphatic heterocycles. The molecule has 0 aliphatic carbocycles. The molecule has 2 aromatic carbocycles. The van der Waals surface area contributed by atoms with E-state index in [1.54, 1.807) is 12.1 Å². The van der Waals surface area contributed by atoms with Crippen LogP contribution in [0, 0.1) is 13.8 Å². The standard InChI is InChI=1S/C16H14ClN3O/c1-9-7-13(18)8-14(10(9)2)16-19-15(20-21-16)11-3-5-12(17)6-4-11/h3-8H,18H2,1-2H3. The Morgan fingerprint density at radius 1 is 1.10 bits per heavy atom. The number of halogens is 1. The Morgan fingerprint density at radius 2 is 1.81 bits per heavy atom. The van der Waals surface area contributed by atoms with Crippen molar-refractivity contribution in [1.82, 2.24) is 10.1 Å². The lowest BCUT2D eigenvalue weighted by Crippen LogP contribution is -1.93. The van der Waals surface area contributed by atoms with E-state index in [4.69, 9.17) is 21.9 Å². The first-order valence-corrected chi connectivity index (χ1v) is 6.89. The number of benzene rings is 2. The fourth-order valence-electron chi connectivity index (χ4n) is 2.16. The van der Waals surface area contributed by atoms with Gasteiger partial charge in [-0.05, 0) is 61.4 Å². The van der Waals surface area contributed by atoms with Crippen molar-refractivity contribution in [2.24, 2.45) is 0 Å². The maximum absolute atomic E-state index is 5.90. The average molecular weight is 300 g/mol. The van der Waals surface area contributed by atoms with Gasteiger partial charge in [-0.25, -0.2) is 0 Å². The van der Waals surface area contributed by atoms with Crippen LogP contribution in [-0.2, 0) is 0 Å². The predicted molar refractivity (Wildman–Crippen MR) is 84.1 cm³/mol. The van der Waals surface area contributed by atoms with Crippen LogP contribution in [0.4, 0.5) is 5.69 Å². The minimum Gasteiger partial charge on any atom is -0.399 e. The maximum Gasteiger partial charge on any atom is 0.258 e. The SMILES string of the molecule is Cc1cc(N)cc(-c2nc(-c3ccc(Cl)cc3)no2)c1C. The van der Waals surface area contributed by atoms with Gasteiger partial charge in [0.05, 0.1) is 0 Å². The summed E-state index contributed by atoms with van der Waals surface area (Å²) in [7, 11) is 0. The van der Waals surface area contributed by atoms with E-state index in [2.05, 4.69) is 10.1 Å². The summed E-state index contributed by atoms with van der Waals surface area (Å²) in [5.41, 5.74) is 10.5. The first-order valence-electron chi connectivity index (χ1n) is 6.51. The molecule has 0 bridgehead atoms. The van der Waals surface area contributed by atoms with E-state index in [1.807, 2.05) is 38.1 Å². The molecule has 0 aliphatic rings. The number of nitrogens with zero attached hydrogens (tertiary/aromatic N) is 2. The minimum atomic E-state index is 0.466. The van der Waals surface area contributed by atoms with Crippen molar-refractivity contribution in [3.63, 3.8) is 0 Å². The molecule has 0 spiro atoms. The van der Waals surface area contributed by atoms with Crippen molar-refractivity contribution < 1.29 is 4.52 Å². The molecule has 21 heavy (non-hydrogen) atoms. The number of rotatable bonds is 2. The third kappa shape index (κ3) is 2.62. The second kappa shape index (κ2) is 5.22. The van der Waals surface area contributed by atoms with E-state index in [-0.39, 0.29) is 0 Å². The lowest BCUT2D eigenvalue weighted by molar-refractivity contribution is 0.432. The highest BCUT2D eigenvalue weighted by atomic mass is 35.5. The largest absolute Gasteiger partial charge is 0.399 e. The summed E-state index contributed by atoms with van der Waals surface area (Å²) in [5.74, 6) is 0.994. The zero-order chi connectivity index (χ0) is 15.0. The second-order valence-corrected chi connectivity index (χ2v) is 5.38. The normalized spacial score (nSPS) is 10.8. The van der Waals surface area contributed by atoms with E-state index in [9.17, 15) is 0 Å². The van der Waals surface area contributed by atoms with Gasteiger partial charge in [-0.2, -0.15) is 4.98 Å². The third-order valence-corrected chi connectivity index (χ3v) is 3.70. The molecule has 0 radical (unpaired) electrons. The van der Waals surface area contributed by atoms with Crippen molar-refractivity contribution in [2.45, 2.75) is 13.8 Å². The van der Waals surface area contributed by atoms with Crippen LogP contribution in [0.5, 0.6) is 0 Å². The Balaban J connectivity index is 2.04. The summed E-state index contributed by atoms with van der Waals surface area (Å²) < 4.78 is 5.38. The fourth-order valence-corrected chi connectivity index (χ4v) is 2.28. The van der Waals surface area contributed by atoms with E-state index in [1.165, 1.54) is 0 Å². The van der Waals surface area contributed by atoms with Crippen LogP contribution >= 0.6 is 11.6 Å². The van der Waals surface area contributed by atoms with Crippen molar-refractivity contribution in [3.05, 3.63) is 52.5 Å². The van der Waals surface area contributed by atoms with Gasteiger partial charge >= 0.3 is 0 Å². The van der Waals surface area contributed by atoms with Crippen LogP contribution in [0.25, 0.3) is 22.8 Å². The zero-order valence-electron chi connectivity index (χ0n) is 11.7. The smallest absolute Gasteiger partial charge is 0.258 e. The molecule has 0 atom stereocenters. The molecular weight excluding hydrogens is 286 g/mol. The minimum absolute atomic E-state index is 0.466. The summed E-state index contributed by atoms with van der Waals surface area (Å²) in [6.45, 7) is 4.02. The van der Waals surface area contributed by atoms with Gasteiger partial charge in [-0.15, -0.1) is 0 Å². The van der Waals surface area contributed by atoms with Crippen LogP contribution in [-0.4, -0.2) is 10.1 Å². The van der Waals surface area contributed by atoms with Gasteiger partial charge in [0.2, 0.25) is 5.82 Å². The van der Waals surface area contributed by atoms with Crippen LogP contribution in [0.15, 0.2) is 40.9 Å². The third-order valence-electron chi connectivity index (χ3n) is 3.45. The molecule has 2 N–H and O–H groups in total. The molecule has 0 saturated heterocycles. The van der Waals surface area contributed by atoms with Gasteiger partial charge in [0, 0.05) is 21.8 Å². The molecular formula is C16H14ClN3O. The molecule has 0 amide bonds. The van der Waals surface area contributed by atoms with E-state index in [0.29, 0.717) is 22.4 Å². The average Bonchev–Trinajstić information content (AvgIpc) is 2.93. The van der Waals surface area contributed by atoms with Crippen LogP contribution in [0.3, 0.4) is 0 Å². The van der Waals surface area contributed by atoms with Crippen LogP contribution in [0.1, 0.15) is 11.1 Å². The summed E-state index contributed by atoms with van der Waals surface area (Å²) in [6.07, 6.45) is 0. The number of nitrogens with two attached hydrogens (primary N) is 1.